The molecular formula is C32H42FN9O3. The van der Waals surface area contributed by atoms with E-state index in [0.29, 0.717) is 62.7 Å². The lowest BCUT2D eigenvalue weighted by Crippen LogP contribution is -2.62. The predicted octanol–water partition coefficient (Wildman–Crippen LogP) is 1.60. The van der Waals surface area contributed by atoms with Crippen LogP contribution in [0.5, 0.6) is 0 Å². The van der Waals surface area contributed by atoms with Crippen molar-refractivity contribution in [2.24, 2.45) is 0 Å². The third kappa shape index (κ3) is 5.89. The molecule has 7 rings (SSSR count). The predicted molar refractivity (Wildman–Crippen MR) is 168 cm³/mol. The lowest BCUT2D eigenvalue weighted by molar-refractivity contribution is -0.121. The van der Waals surface area contributed by atoms with E-state index in [0.717, 1.165) is 61.9 Å². The first-order valence-corrected chi connectivity index (χ1v) is 16.0. The number of carbonyl (C=O) groups is 2. The van der Waals surface area contributed by atoms with Crippen LogP contribution in [0.2, 0.25) is 0 Å². The van der Waals surface area contributed by atoms with Crippen LogP contribution in [-0.2, 0) is 22.4 Å². The fraction of sp³-hybridized carbons (Fsp3) is 0.562. The van der Waals surface area contributed by atoms with E-state index in [1.807, 2.05) is 15.5 Å². The van der Waals surface area contributed by atoms with E-state index in [2.05, 4.69) is 29.0 Å². The number of urea groups is 1. The topological polar surface area (TPSA) is 102 Å². The zero-order valence-electron chi connectivity index (χ0n) is 26.3. The molecule has 45 heavy (non-hydrogen) atoms. The monoisotopic (exact) mass is 619 g/mol. The molecule has 3 amide bonds. The van der Waals surface area contributed by atoms with Crippen molar-refractivity contribution in [3.8, 4) is 0 Å². The Morgan fingerprint density at radius 2 is 1.93 bits per heavy atom. The van der Waals surface area contributed by atoms with Gasteiger partial charge in [0.25, 0.3) is 5.95 Å². The molecule has 0 radical (unpaired) electrons. The van der Waals surface area contributed by atoms with E-state index in [4.69, 9.17) is 14.8 Å². The first kappa shape index (κ1) is 30.0. The fourth-order valence-electron chi connectivity index (χ4n) is 7.05. The van der Waals surface area contributed by atoms with E-state index in [1.165, 1.54) is 12.1 Å². The molecule has 0 bridgehead atoms. The van der Waals surface area contributed by atoms with Crippen LogP contribution in [0.3, 0.4) is 0 Å². The van der Waals surface area contributed by atoms with Crippen molar-refractivity contribution in [1.29, 1.82) is 0 Å². The summed E-state index contributed by atoms with van der Waals surface area (Å²) in [6.07, 6.45) is 1.12. The summed E-state index contributed by atoms with van der Waals surface area (Å²) in [5, 5.41) is 8.44. The maximum Gasteiger partial charge on any atom is 0.326 e. The van der Waals surface area contributed by atoms with Gasteiger partial charge >= 0.3 is 6.03 Å². The van der Waals surface area contributed by atoms with E-state index < -0.39 is 0 Å². The van der Waals surface area contributed by atoms with Gasteiger partial charge in [0, 0.05) is 89.4 Å². The highest BCUT2D eigenvalue weighted by Gasteiger charge is 2.36. The van der Waals surface area contributed by atoms with Crippen molar-refractivity contribution in [2.75, 3.05) is 82.4 Å². The zero-order chi connectivity index (χ0) is 31.2. The third-order valence-electron chi connectivity index (χ3n) is 9.69. The van der Waals surface area contributed by atoms with Crippen molar-refractivity contribution in [2.45, 2.75) is 44.8 Å². The summed E-state index contributed by atoms with van der Waals surface area (Å²) in [6.45, 7) is 11.3. The highest BCUT2D eigenvalue weighted by Crippen LogP contribution is 2.33. The molecule has 0 aliphatic carbocycles. The summed E-state index contributed by atoms with van der Waals surface area (Å²) >= 11 is 0. The van der Waals surface area contributed by atoms with Crippen LogP contribution in [0.15, 0.2) is 30.3 Å². The Morgan fingerprint density at radius 3 is 2.69 bits per heavy atom. The van der Waals surface area contributed by atoms with Gasteiger partial charge in [-0.25, -0.2) is 13.7 Å². The smallest absolute Gasteiger partial charge is 0.326 e. The first-order chi connectivity index (χ1) is 21.7. The van der Waals surface area contributed by atoms with Gasteiger partial charge in [0.2, 0.25) is 5.91 Å². The first-order valence-electron chi connectivity index (χ1n) is 16.0. The average molecular weight is 620 g/mol. The van der Waals surface area contributed by atoms with Gasteiger partial charge in [0.15, 0.2) is 5.65 Å². The van der Waals surface area contributed by atoms with Gasteiger partial charge in [-0.15, -0.1) is 5.10 Å². The number of anilines is 2. The number of hydrogen-bond acceptors (Lipinski definition) is 8. The van der Waals surface area contributed by atoms with Crippen molar-refractivity contribution in [3.05, 3.63) is 53.0 Å². The molecule has 240 valence electrons. The zero-order valence-corrected chi connectivity index (χ0v) is 26.3. The number of ether oxygens (including phenoxy) is 1. The lowest BCUT2D eigenvalue weighted by atomic mass is 10.0. The van der Waals surface area contributed by atoms with Crippen LogP contribution in [-0.4, -0.2) is 132 Å². The van der Waals surface area contributed by atoms with Crippen LogP contribution >= 0.6 is 0 Å². The highest BCUT2D eigenvalue weighted by molar-refractivity contribution is 5.97. The number of morpholine rings is 1. The van der Waals surface area contributed by atoms with Crippen LogP contribution < -0.4 is 15.1 Å². The molecule has 2 aromatic heterocycles. The minimum absolute atomic E-state index is 0.0617. The van der Waals surface area contributed by atoms with Gasteiger partial charge in [0.1, 0.15) is 5.82 Å². The SMILES string of the molecule is C[C@@H]1CN(CC(=O)N2CCc3c2cc(Cc2ccc(F)cc2)c2nc(N4CCN(C)C4=O)nn32)[C@@H](CN2CCOC[C@H]2C)CN1. The Hall–Kier alpha value is -3.65. The molecule has 12 nitrogen and oxygen atoms in total. The Balaban J connectivity index is 1.19. The quantitative estimate of drug-likeness (QED) is 0.426. The van der Waals surface area contributed by atoms with Gasteiger partial charge in [-0.05, 0) is 37.6 Å². The number of nitrogens with zero attached hydrogens (tertiary/aromatic N) is 8. The Morgan fingerprint density at radius 1 is 1.11 bits per heavy atom. The molecule has 4 aliphatic rings. The van der Waals surface area contributed by atoms with Crippen LogP contribution in [0.1, 0.15) is 30.7 Å². The Labute approximate surface area is 262 Å². The molecule has 1 N–H and O–H groups in total. The van der Waals surface area contributed by atoms with Gasteiger partial charge in [-0.1, -0.05) is 12.1 Å². The number of piperazine rings is 1. The van der Waals surface area contributed by atoms with Crippen LogP contribution in [0.25, 0.3) is 5.65 Å². The molecule has 13 heteroatoms. The van der Waals surface area contributed by atoms with Gasteiger partial charge < -0.3 is 19.9 Å². The number of fused-ring (bicyclic) bond motifs is 3. The summed E-state index contributed by atoms with van der Waals surface area (Å²) in [5.74, 6) is 0.129. The summed E-state index contributed by atoms with van der Waals surface area (Å²) in [5.41, 5.74) is 4.18. The van der Waals surface area contributed by atoms with Crippen molar-refractivity contribution >= 4 is 29.2 Å². The molecule has 3 atom stereocenters. The number of benzene rings is 1. The Bertz CT molecular complexity index is 1580. The minimum atomic E-state index is -0.292. The number of rotatable bonds is 7. The summed E-state index contributed by atoms with van der Waals surface area (Å²) in [7, 11) is 1.77. The number of carbonyl (C=O) groups excluding carboxylic acids is 2. The lowest BCUT2D eigenvalue weighted by Gasteiger charge is -2.43. The molecule has 1 aromatic carbocycles. The second-order valence-corrected chi connectivity index (χ2v) is 12.9. The molecule has 6 heterocycles. The van der Waals surface area contributed by atoms with Crippen LogP contribution in [0, 0.1) is 5.82 Å². The summed E-state index contributed by atoms with van der Waals surface area (Å²) in [6, 6.07) is 9.21. The van der Waals surface area contributed by atoms with Gasteiger partial charge in [-0.2, -0.15) is 4.98 Å². The number of nitrogens with one attached hydrogen (secondary N) is 1. The van der Waals surface area contributed by atoms with E-state index >= 15 is 0 Å². The molecule has 0 saturated carbocycles. The molecule has 0 unspecified atom stereocenters. The maximum atomic E-state index is 14.1. The standard InChI is InChI=1S/C32H42FN9O3/c1-21-17-39(26(16-34-21)18-38-12-13-45-20-22(38)2)19-29(43)40-9-8-27-28(40)15-24(14-23-4-6-25(33)7-5-23)30-35-31(36-42(27)30)41-11-10-37(3)32(41)44/h4-7,15,21-22,26,34H,8-14,16-20H2,1-3H3/t21-,22-,26-/m1/s1. The number of hydrogen-bond donors (Lipinski definition) is 1. The van der Waals surface area contributed by atoms with E-state index in [9.17, 15) is 14.0 Å². The number of pyridine rings is 1. The van der Waals surface area contributed by atoms with Crippen molar-refractivity contribution in [3.63, 3.8) is 0 Å². The van der Waals surface area contributed by atoms with E-state index in [1.54, 1.807) is 29.0 Å². The number of aromatic nitrogens is 3. The molecule has 3 aromatic rings. The summed E-state index contributed by atoms with van der Waals surface area (Å²) < 4.78 is 21.2. The molecule has 3 fully saturated rings. The summed E-state index contributed by atoms with van der Waals surface area (Å²) in [4.78, 5) is 41.7. The molecule has 3 saturated heterocycles. The molecule has 0 spiro atoms. The molecular weight excluding hydrogens is 577 g/mol. The molecule has 4 aliphatic heterocycles. The van der Waals surface area contributed by atoms with Gasteiger partial charge in [0.05, 0.1) is 31.1 Å². The van der Waals surface area contributed by atoms with Crippen molar-refractivity contribution in [1.82, 2.24) is 34.6 Å². The minimum Gasteiger partial charge on any atom is -0.379 e. The third-order valence-corrected chi connectivity index (χ3v) is 9.69. The van der Waals surface area contributed by atoms with Crippen LogP contribution in [0.4, 0.5) is 20.8 Å². The second-order valence-electron chi connectivity index (χ2n) is 12.9. The Kier molecular flexibility index (Phi) is 8.19. The fourth-order valence-corrected chi connectivity index (χ4v) is 7.05. The largest absolute Gasteiger partial charge is 0.379 e. The maximum absolute atomic E-state index is 14.1. The highest BCUT2D eigenvalue weighted by atomic mass is 19.1. The van der Waals surface area contributed by atoms with Gasteiger partial charge in [-0.3, -0.25) is 19.5 Å². The van der Waals surface area contributed by atoms with Crippen molar-refractivity contribution < 1.29 is 18.7 Å². The number of halogens is 1. The van der Waals surface area contributed by atoms with E-state index in [-0.39, 0.29) is 23.8 Å². The number of likely N-dealkylation sites (N-methyl/N-ethyl adjacent to an activating group) is 1. The average Bonchev–Trinajstić information content (AvgIpc) is 3.74. The normalized spacial score (nSPS) is 24.7. The number of amides is 3. The second kappa shape index (κ2) is 12.3.